The predicted octanol–water partition coefficient (Wildman–Crippen LogP) is 2.37. The van der Waals surface area contributed by atoms with Crippen molar-refractivity contribution in [2.45, 2.75) is 19.3 Å². The molecule has 1 aliphatic heterocycles. The van der Waals surface area contributed by atoms with Crippen LogP contribution in [0.1, 0.15) is 19.3 Å². The third-order valence-corrected chi connectivity index (χ3v) is 4.45. The number of nitrogens with two attached hydrogens (primary N) is 2. The molecule has 5 N–H and O–H groups in total. The molecular formula is C20H25N7O3. The highest BCUT2D eigenvalue weighted by molar-refractivity contribution is 5.90. The van der Waals surface area contributed by atoms with Gasteiger partial charge in [-0.25, -0.2) is 4.98 Å². The van der Waals surface area contributed by atoms with E-state index in [2.05, 4.69) is 25.4 Å². The highest BCUT2D eigenvalue weighted by Gasteiger charge is 2.17. The van der Waals surface area contributed by atoms with Gasteiger partial charge in [0.1, 0.15) is 17.2 Å². The Morgan fingerprint density at radius 2 is 1.83 bits per heavy atom. The number of hydrogen-bond acceptors (Lipinski definition) is 9. The molecule has 1 saturated heterocycles. The van der Waals surface area contributed by atoms with Gasteiger partial charge in [0.25, 0.3) is 0 Å². The Kier molecular flexibility index (Phi) is 7.41. The Morgan fingerprint density at radius 3 is 2.57 bits per heavy atom. The van der Waals surface area contributed by atoms with Gasteiger partial charge < -0.3 is 21.5 Å². The molecule has 3 rings (SSSR count). The molecule has 1 aromatic heterocycles. The van der Waals surface area contributed by atoms with Gasteiger partial charge in [-0.05, 0) is 50.2 Å². The van der Waals surface area contributed by atoms with E-state index in [1.165, 1.54) is 0 Å². The fraction of sp³-hybridized carbons (Fsp3) is 0.350. The maximum absolute atomic E-state index is 12.2. The van der Waals surface area contributed by atoms with Gasteiger partial charge in [0, 0.05) is 13.0 Å². The number of nitrogens with zero attached hydrogens (tertiary/aromatic N) is 4. The average molecular weight is 411 g/mol. The number of benzene rings is 1. The van der Waals surface area contributed by atoms with E-state index in [0.29, 0.717) is 22.9 Å². The number of carbonyl (C=O) groups excluding carboxylic acids is 2. The number of nitrogens with one attached hydrogen (secondary N) is 1. The molecule has 10 heteroatoms. The minimum atomic E-state index is -0.335. The first-order chi connectivity index (χ1) is 14.5. The number of esters is 1. The number of ether oxygens (including phenoxy) is 1. The number of amides is 1. The van der Waals surface area contributed by atoms with Crippen molar-refractivity contribution in [3.05, 3.63) is 36.4 Å². The lowest BCUT2D eigenvalue weighted by atomic mass is 10.3. The lowest BCUT2D eigenvalue weighted by molar-refractivity contribution is -0.135. The van der Waals surface area contributed by atoms with Gasteiger partial charge in [-0.3, -0.25) is 14.5 Å². The number of anilines is 2. The van der Waals surface area contributed by atoms with Gasteiger partial charge in [0.2, 0.25) is 5.91 Å². The summed E-state index contributed by atoms with van der Waals surface area (Å²) in [6, 6.07) is 10.0. The van der Waals surface area contributed by atoms with E-state index in [-0.39, 0.29) is 37.2 Å². The van der Waals surface area contributed by atoms with Crippen molar-refractivity contribution in [3.63, 3.8) is 0 Å². The van der Waals surface area contributed by atoms with Crippen LogP contribution in [0.2, 0.25) is 0 Å². The molecule has 10 nitrogen and oxygen atoms in total. The Morgan fingerprint density at radius 1 is 1.10 bits per heavy atom. The number of nitrogen functional groups attached to an aromatic ring is 1. The third kappa shape index (κ3) is 6.06. The second kappa shape index (κ2) is 10.4. The molecule has 0 atom stereocenters. The number of carbonyl (C=O) groups is 2. The highest BCUT2D eigenvalue weighted by Crippen LogP contribution is 2.30. The predicted molar refractivity (Wildman–Crippen MR) is 113 cm³/mol. The summed E-state index contributed by atoms with van der Waals surface area (Å²) in [6.45, 7) is 2.31. The van der Waals surface area contributed by atoms with Crippen molar-refractivity contribution >= 4 is 34.9 Å². The number of pyridine rings is 1. The van der Waals surface area contributed by atoms with Crippen molar-refractivity contribution in [1.29, 1.82) is 0 Å². The second-order valence-corrected chi connectivity index (χ2v) is 6.81. The Labute approximate surface area is 174 Å². The van der Waals surface area contributed by atoms with E-state index in [0.717, 1.165) is 25.9 Å². The number of para-hydroxylation sites is 1. The monoisotopic (exact) mass is 411 g/mol. The van der Waals surface area contributed by atoms with E-state index in [1.54, 1.807) is 36.4 Å². The van der Waals surface area contributed by atoms with Gasteiger partial charge in [-0.15, -0.1) is 10.2 Å². The van der Waals surface area contributed by atoms with E-state index < -0.39 is 0 Å². The summed E-state index contributed by atoms with van der Waals surface area (Å²) in [7, 11) is 0. The van der Waals surface area contributed by atoms with Crippen LogP contribution in [0.5, 0.6) is 5.75 Å². The molecule has 0 bridgehead atoms. The lowest BCUT2D eigenvalue weighted by Gasteiger charge is -2.13. The first-order valence-electron chi connectivity index (χ1n) is 9.75. The van der Waals surface area contributed by atoms with Crippen LogP contribution in [0, 0.1) is 0 Å². The number of likely N-dealkylation sites (tertiary alicyclic amines) is 1. The summed E-state index contributed by atoms with van der Waals surface area (Å²) in [4.78, 5) is 30.0. The SMILES string of the molecule is NCCC(=O)Nc1ccc(/N=N/c2ccccc2OC(=O)CN2CCCC2)c(N)n1. The summed E-state index contributed by atoms with van der Waals surface area (Å²) in [5.41, 5.74) is 12.0. The van der Waals surface area contributed by atoms with E-state index in [1.807, 2.05) is 0 Å². The third-order valence-electron chi connectivity index (χ3n) is 4.45. The molecule has 1 aliphatic rings. The van der Waals surface area contributed by atoms with E-state index >= 15 is 0 Å². The topological polar surface area (TPSA) is 148 Å². The van der Waals surface area contributed by atoms with Crippen LogP contribution in [-0.2, 0) is 9.59 Å². The molecule has 30 heavy (non-hydrogen) atoms. The Bertz CT molecular complexity index is 926. The first-order valence-corrected chi connectivity index (χ1v) is 9.75. The maximum atomic E-state index is 12.2. The molecule has 0 radical (unpaired) electrons. The molecule has 0 unspecified atom stereocenters. The summed E-state index contributed by atoms with van der Waals surface area (Å²) in [5, 5.41) is 10.9. The summed E-state index contributed by atoms with van der Waals surface area (Å²) < 4.78 is 5.47. The normalized spacial score (nSPS) is 14.2. The number of hydrogen-bond donors (Lipinski definition) is 3. The summed E-state index contributed by atoms with van der Waals surface area (Å²) in [6.07, 6.45) is 2.39. The number of aromatic nitrogens is 1. The zero-order chi connectivity index (χ0) is 21.3. The van der Waals surface area contributed by atoms with Crippen molar-refractivity contribution in [1.82, 2.24) is 9.88 Å². The van der Waals surface area contributed by atoms with Crippen molar-refractivity contribution < 1.29 is 14.3 Å². The van der Waals surface area contributed by atoms with E-state index in [9.17, 15) is 9.59 Å². The average Bonchev–Trinajstić information content (AvgIpc) is 3.21. The zero-order valence-electron chi connectivity index (χ0n) is 16.6. The molecule has 0 aliphatic carbocycles. The zero-order valence-corrected chi connectivity index (χ0v) is 16.6. The summed E-state index contributed by atoms with van der Waals surface area (Å²) >= 11 is 0. The molecule has 2 aromatic rings. The molecular weight excluding hydrogens is 386 g/mol. The minimum absolute atomic E-state index is 0.104. The van der Waals surface area contributed by atoms with Crippen LogP contribution >= 0.6 is 0 Å². The molecule has 0 spiro atoms. The van der Waals surface area contributed by atoms with Gasteiger partial charge in [-0.1, -0.05) is 12.1 Å². The minimum Gasteiger partial charge on any atom is -0.423 e. The van der Waals surface area contributed by atoms with Gasteiger partial charge in [0.05, 0.1) is 6.54 Å². The molecule has 2 heterocycles. The largest absolute Gasteiger partial charge is 0.423 e. The fourth-order valence-electron chi connectivity index (χ4n) is 2.97. The van der Waals surface area contributed by atoms with Crippen LogP contribution < -0.4 is 21.5 Å². The summed E-state index contributed by atoms with van der Waals surface area (Å²) in [5.74, 6) is 0.151. The number of azo groups is 1. The fourth-order valence-corrected chi connectivity index (χ4v) is 2.97. The van der Waals surface area contributed by atoms with E-state index in [4.69, 9.17) is 16.2 Å². The van der Waals surface area contributed by atoms with Crippen molar-refractivity contribution in [2.75, 3.05) is 37.2 Å². The van der Waals surface area contributed by atoms with Crippen LogP contribution in [-0.4, -0.2) is 47.9 Å². The van der Waals surface area contributed by atoms with Crippen molar-refractivity contribution in [2.24, 2.45) is 16.0 Å². The second-order valence-electron chi connectivity index (χ2n) is 6.81. The van der Waals surface area contributed by atoms with Crippen LogP contribution in [0.3, 0.4) is 0 Å². The quantitative estimate of drug-likeness (QED) is 0.343. The molecule has 1 fully saturated rings. The highest BCUT2D eigenvalue weighted by atomic mass is 16.5. The smallest absolute Gasteiger partial charge is 0.325 e. The van der Waals surface area contributed by atoms with Crippen LogP contribution in [0.15, 0.2) is 46.6 Å². The van der Waals surface area contributed by atoms with Crippen molar-refractivity contribution in [3.8, 4) is 5.75 Å². The molecule has 158 valence electrons. The molecule has 1 amide bonds. The van der Waals surface area contributed by atoms with Crippen LogP contribution in [0.25, 0.3) is 0 Å². The van der Waals surface area contributed by atoms with Crippen LogP contribution in [0.4, 0.5) is 23.0 Å². The van der Waals surface area contributed by atoms with Gasteiger partial charge in [-0.2, -0.15) is 0 Å². The lowest BCUT2D eigenvalue weighted by Crippen LogP contribution is -2.29. The first kappa shape index (κ1) is 21.3. The Hall–Kier alpha value is -3.37. The standard InChI is InChI=1S/C20H25N7O3/c21-10-9-18(28)23-17-8-7-15(20(22)24-17)26-25-14-5-1-2-6-16(14)30-19(29)13-27-11-3-4-12-27/h1-2,5-8H,3-4,9-13,21H2,(H3,22,23,24,28)/b26-25+. The van der Waals surface area contributed by atoms with Gasteiger partial charge in [0.15, 0.2) is 11.6 Å². The molecule has 1 aromatic carbocycles. The Balaban J connectivity index is 1.67. The molecule has 0 saturated carbocycles. The maximum Gasteiger partial charge on any atom is 0.325 e. The number of rotatable bonds is 8. The van der Waals surface area contributed by atoms with Gasteiger partial charge >= 0.3 is 5.97 Å².